The van der Waals surface area contributed by atoms with Gasteiger partial charge in [-0.3, -0.25) is 23.9 Å². The first-order valence-corrected chi connectivity index (χ1v) is 11.9. The quantitative estimate of drug-likeness (QED) is 0.494. The van der Waals surface area contributed by atoms with E-state index in [1.165, 1.54) is 21.2 Å². The number of nitrogens with zero attached hydrogens (tertiary/aromatic N) is 2. The molecule has 9 nitrogen and oxygen atoms in total. The van der Waals surface area contributed by atoms with Gasteiger partial charge < -0.3 is 16.0 Å². The van der Waals surface area contributed by atoms with Crippen LogP contribution in [0.15, 0.2) is 32.7 Å². The number of aromatic amines is 1. The number of H-pyrrole nitrogens is 1. The number of anilines is 3. The third-order valence-electron chi connectivity index (χ3n) is 5.31. The van der Waals surface area contributed by atoms with Crippen molar-refractivity contribution in [1.29, 1.82) is 0 Å². The third-order valence-corrected chi connectivity index (χ3v) is 6.38. The number of rotatable bonds is 9. The minimum Gasteiger partial charge on any atom is -0.383 e. The average Bonchev–Trinajstić information content (AvgIpc) is 2.76. The van der Waals surface area contributed by atoms with E-state index >= 15 is 0 Å². The molecule has 0 atom stereocenters. The molecule has 1 aromatic heterocycles. The molecular formula is C22H29N5O4S. The van der Waals surface area contributed by atoms with Crippen LogP contribution in [0, 0.1) is 0 Å². The number of aromatic nitrogens is 2. The average molecular weight is 460 g/mol. The SMILES string of the molecule is CCCCCN(C(=O)c1ccc2c(c1)NC(=O)CS2)c1c(N)n(CCCC)c(=O)[nH]c1=O. The highest BCUT2D eigenvalue weighted by Gasteiger charge is 2.26. The first-order valence-electron chi connectivity index (χ1n) is 10.9. The van der Waals surface area contributed by atoms with Crippen LogP contribution < -0.4 is 27.2 Å². The van der Waals surface area contributed by atoms with E-state index in [0.717, 1.165) is 24.2 Å². The number of thioether (sulfide) groups is 1. The Morgan fingerprint density at radius 2 is 1.91 bits per heavy atom. The van der Waals surface area contributed by atoms with Crippen molar-refractivity contribution >= 4 is 40.8 Å². The zero-order chi connectivity index (χ0) is 23.3. The molecule has 1 aliphatic heterocycles. The number of nitrogen functional groups attached to an aromatic ring is 1. The standard InChI is InChI=1S/C22H29N5O4S/c1-3-5-7-11-26(18-19(23)27(10-6-4-2)22(31)25-20(18)29)21(30)14-8-9-16-15(12-14)24-17(28)13-32-16/h8-9,12H,3-7,10-11,13,23H2,1-2H3,(H,24,28)(H,25,29,31). The normalized spacial score (nSPS) is 12.9. The highest BCUT2D eigenvalue weighted by Crippen LogP contribution is 2.32. The summed E-state index contributed by atoms with van der Waals surface area (Å²) in [6.07, 6.45) is 4.03. The van der Waals surface area contributed by atoms with E-state index in [1.807, 2.05) is 13.8 Å². The predicted octanol–water partition coefficient (Wildman–Crippen LogP) is 2.80. The summed E-state index contributed by atoms with van der Waals surface area (Å²) < 4.78 is 1.31. The maximum absolute atomic E-state index is 13.5. The maximum atomic E-state index is 13.5. The summed E-state index contributed by atoms with van der Waals surface area (Å²) in [5.41, 5.74) is 5.87. The van der Waals surface area contributed by atoms with Crippen LogP contribution in [0.2, 0.25) is 0 Å². The molecule has 0 unspecified atom stereocenters. The van der Waals surface area contributed by atoms with Crippen molar-refractivity contribution in [2.24, 2.45) is 0 Å². The van der Waals surface area contributed by atoms with Crippen LogP contribution in [-0.4, -0.2) is 33.7 Å². The molecule has 0 saturated carbocycles. The van der Waals surface area contributed by atoms with E-state index in [-0.39, 0.29) is 24.0 Å². The fourth-order valence-corrected chi connectivity index (χ4v) is 4.37. The topological polar surface area (TPSA) is 130 Å². The van der Waals surface area contributed by atoms with Crippen molar-refractivity contribution in [2.45, 2.75) is 57.4 Å². The Hall–Kier alpha value is -3.01. The van der Waals surface area contributed by atoms with E-state index in [2.05, 4.69) is 10.3 Å². The van der Waals surface area contributed by atoms with Crippen molar-refractivity contribution in [2.75, 3.05) is 28.2 Å². The lowest BCUT2D eigenvalue weighted by atomic mass is 10.1. The van der Waals surface area contributed by atoms with E-state index in [4.69, 9.17) is 5.73 Å². The van der Waals surface area contributed by atoms with Crippen LogP contribution in [0.3, 0.4) is 0 Å². The Bertz CT molecular complexity index is 1120. The van der Waals surface area contributed by atoms with Gasteiger partial charge in [-0.25, -0.2) is 4.79 Å². The number of nitrogens with one attached hydrogen (secondary N) is 2. The van der Waals surface area contributed by atoms with Gasteiger partial charge >= 0.3 is 5.69 Å². The van der Waals surface area contributed by atoms with Gasteiger partial charge in [0.2, 0.25) is 5.91 Å². The molecule has 1 aliphatic rings. The number of benzene rings is 1. The smallest absolute Gasteiger partial charge is 0.330 e. The predicted molar refractivity (Wildman–Crippen MR) is 128 cm³/mol. The number of unbranched alkanes of at least 4 members (excludes halogenated alkanes) is 3. The van der Waals surface area contributed by atoms with Crippen molar-refractivity contribution in [3.05, 3.63) is 44.6 Å². The Balaban J connectivity index is 2.05. The van der Waals surface area contributed by atoms with Gasteiger partial charge in [0.1, 0.15) is 5.82 Å². The van der Waals surface area contributed by atoms with Crippen LogP contribution in [-0.2, 0) is 11.3 Å². The molecule has 10 heteroatoms. The molecule has 2 heterocycles. The molecule has 3 rings (SSSR count). The number of hydrogen-bond acceptors (Lipinski definition) is 6. The number of fused-ring (bicyclic) bond motifs is 1. The number of carbonyl (C=O) groups is 2. The Morgan fingerprint density at radius 3 is 2.62 bits per heavy atom. The lowest BCUT2D eigenvalue weighted by Crippen LogP contribution is -2.41. The Labute approximate surface area is 190 Å². The zero-order valence-corrected chi connectivity index (χ0v) is 19.2. The Kier molecular flexibility index (Phi) is 7.79. The molecule has 2 aromatic rings. The van der Waals surface area contributed by atoms with Crippen LogP contribution in [0.4, 0.5) is 17.2 Å². The van der Waals surface area contributed by atoms with Gasteiger partial charge in [-0.15, -0.1) is 11.8 Å². The second-order valence-corrected chi connectivity index (χ2v) is 8.73. The molecule has 0 fully saturated rings. The minimum atomic E-state index is -0.688. The van der Waals surface area contributed by atoms with Crippen LogP contribution in [0.25, 0.3) is 0 Å². The highest BCUT2D eigenvalue weighted by atomic mass is 32.2. The zero-order valence-electron chi connectivity index (χ0n) is 18.4. The molecule has 0 spiro atoms. The summed E-state index contributed by atoms with van der Waals surface area (Å²) in [5, 5.41) is 2.78. The summed E-state index contributed by atoms with van der Waals surface area (Å²) in [6.45, 7) is 4.66. The van der Waals surface area contributed by atoms with Gasteiger partial charge in [-0.1, -0.05) is 33.1 Å². The molecule has 172 valence electrons. The maximum Gasteiger partial charge on any atom is 0.330 e. The summed E-state index contributed by atoms with van der Waals surface area (Å²) in [4.78, 5) is 54.9. The third kappa shape index (κ3) is 5.07. The van der Waals surface area contributed by atoms with Gasteiger partial charge in [-0.2, -0.15) is 0 Å². The number of amides is 2. The largest absolute Gasteiger partial charge is 0.383 e. The molecule has 2 amide bonds. The molecular weight excluding hydrogens is 430 g/mol. The van der Waals surface area contributed by atoms with Gasteiger partial charge in [-0.05, 0) is 31.0 Å². The fourth-order valence-electron chi connectivity index (χ4n) is 3.58. The Morgan fingerprint density at radius 1 is 1.16 bits per heavy atom. The number of carbonyl (C=O) groups excluding carboxylic acids is 2. The molecule has 0 bridgehead atoms. The second-order valence-electron chi connectivity index (χ2n) is 7.71. The number of nitrogens with two attached hydrogens (primary N) is 1. The summed E-state index contributed by atoms with van der Waals surface area (Å²) >= 11 is 1.40. The van der Waals surface area contributed by atoms with E-state index in [1.54, 1.807) is 18.2 Å². The first-order chi connectivity index (χ1) is 15.4. The van der Waals surface area contributed by atoms with Crippen molar-refractivity contribution < 1.29 is 9.59 Å². The van der Waals surface area contributed by atoms with Crippen LogP contribution in [0.5, 0.6) is 0 Å². The highest BCUT2D eigenvalue weighted by molar-refractivity contribution is 8.00. The van der Waals surface area contributed by atoms with Crippen molar-refractivity contribution in [3.8, 4) is 0 Å². The molecule has 4 N–H and O–H groups in total. The van der Waals surface area contributed by atoms with Gasteiger partial charge in [0.05, 0.1) is 11.4 Å². The summed E-state index contributed by atoms with van der Waals surface area (Å²) in [5.74, 6) is -0.227. The summed E-state index contributed by atoms with van der Waals surface area (Å²) in [7, 11) is 0. The monoisotopic (exact) mass is 459 g/mol. The summed E-state index contributed by atoms with van der Waals surface area (Å²) in [6, 6.07) is 5.08. The molecule has 1 aromatic carbocycles. The van der Waals surface area contributed by atoms with Gasteiger partial charge in [0.25, 0.3) is 11.5 Å². The van der Waals surface area contributed by atoms with Crippen LogP contribution in [0.1, 0.15) is 56.3 Å². The van der Waals surface area contributed by atoms with E-state index in [0.29, 0.717) is 36.4 Å². The molecule has 0 aliphatic carbocycles. The molecule has 32 heavy (non-hydrogen) atoms. The van der Waals surface area contributed by atoms with Gasteiger partial charge in [0, 0.05) is 23.5 Å². The number of hydrogen-bond donors (Lipinski definition) is 3. The van der Waals surface area contributed by atoms with Crippen molar-refractivity contribution in [3.63, 3.8) is 0 Å². The van der Waals surface area contributed by atoms with Crippen LogP contribution >= 0.6 is 11.8 Å². The molecule has 0 radical (unpaired) electrons. The van der Waals surface area contributed by atoms with E-state index < -0.39 is 17.2 Å². The minimum absolute atomic E-state index is 0.0149. The first kappa shape index (κ1) is 23.6. The van der Waals surface area contributed by atoms with Crippen molar-refractivity contribution in [1.82, 2.24) is 9.55 Å². The van der Waals surface area contributed by atoms with E-state index in [9.17, 15) is 19.2 Å². The molecule has 0 saturated heterocycles. The van der Waals surface area contributed by atoms with Gasteiger partial charge in [0.15, 0.2) is 5.69 Å². The second kappa shape index (κ2) is 10.5. The fraction of sp³-hybridized carbons (Fsp3) is 0.455. The lowest BCUT2D eigenvalue weighted by molar-refractivity contribution is -0.113. The lowest BCUT2D eigenvalue weighted by Gasteiger charge is -2.25.